The molecule has 5 rings (SSSR count). The number of fused-ring (bicyclic) bond motifs is 5. The van der Waals surface area contributed by atoms with Crippen molar-refractivity contribution in [1.29, 1.82) is 0 Å². The Morgan fingerprint density at radius 2 is 1.80 bits per heavy atom. The van der Waals surface area contributed by atoms with Gasteiger partial charge in [-0.1, -0.05) is 24.3 Å². The number of aromatic carboxylic acids is 1. The minimum absolute atomic E-state index is 0.0139. The van der Waals surface area contributed by atoms with Gasteiger partial charge in [-0.2, -0.15) is 10.1 Å². The predicted molar refractivity (Wildman–Crippen MR) is 126 cm³/mol. The number of carboxylic acids is 1. The number of nitro benzene ring substituents is 1. The molecule has 1 aliphatic heterocycles. The van der Waals surface area contributed by atoms with Gasteiger partial charge in [0.25, 0.3) is 11.8 Å². The molecule has 1 N–H and O–H groups in total. The highest BCUT2D eigenvalue weighted by Gasteiger charge is 2.59. The molecular formula is C24H18BrN3O7. The number of rotatable bonds is 7. The van der Waals surface area contributed by atoms with Crippen LogP contribution in [0.1, 0.15) is 27.9 Å². The van der Waals surface area contributed by atoms with E-state index >= 15 is 0 Å². The molecule has 178 valence electrons. The number of carboxylic acid groups (broad SMARTS) is 1. The molecular weight excluding hydrogens is 522 g/mol. The summed E-state index contributed by atoms with van der Waals surface area (Å²) >= 11 is 3.29. The maximum Gasteiger partial charge on any atom is 0.335 e. The molecule has 1 saturated carbocycles. The Morgan fingerprint density at radius 1 is 1.17 bits per heavy atom. The first-order valence-electron chi connectivity index (χ1n) is 10.8. The number of benzene rings is 2. The summed E-state index contributed by atoms with van der Waals surface area (Å²) in [6.45, 7) is -0.0251. The van der Waals surface area contributed by atoms with Crippen molar-refractivity contribution in [2.75, 3.05) is 0 Å². The number of allylic oxidation sites excluding steroid dienone is 2. The molecule has 35 heavy (non-hydrogen) atoms. The third-order valence-electron chi connectivity index (χ3n) is 6.60. The summed E-state index contributed by atoms with van der Waals surface area (Å²) in [5, 5.41) is 25.6. The Morgan fingerprint density at radius 3 is 2.37 bits per heavy atom. The van der Waals surface area contributed by atoms with Crippen molar-refractivity contribution >= 4 is 45.6 Å². The van der Waals surface area contributed by atoms with Gasteiger partial charge in [-0.25, -0.2) is 4.79 Å². The van der Waals surface area contributed by atoms with Gasteiger partial charge in [-0.15, -0.1) is 0 Å². The maximum atomic E-state index is 12.8. The fourth-order valence-electron chi connectivity index (χ4n) is 4.98. The lowest BCUT2D eigenvalue weighted by atomic mass is 9.85. The van der Waals surface area contributed by atoms with E-state index in [0.29, 0.717) is 11.1 Å². The number of carbonyl (C=O) groups is 3. The molecule has 0 spiro atoms. The first-order chi connectivity index (χ1) is 16.7. The van der Waals surface area contributed by atoms with Crippen LogP contribution in [0.25, 0.3) is 0 Å². The molecule has 0 unspecified atom stereocenters. The number of ether oxygens (including phenoxy) is 1. The Bertz CT molecular complexity index is 1290. The van der Waals surface area contributed by atoms with Crippen LogP contribution in [0.3, 0.4) is 0 Å². The molecule has 11 heteroatoms. The number of amides is 2. The molecule has 2 aliphatic carbocycles. The van der Waals surface area contributed by atoms with Gasteiger partial charge in [0, 0.05) is 11.6 Å². The largest absolute Gasteiger partial charge is 0.481 e. The van der Waals surface area contributed by atoms with E-state index < -0.39 is 10.9 Å². The summed E-state index contributed by atoms with van der Waals surface area (Å²) in [4.78, 5) is 47.6. The van der Waals surface area contributed by atoms with Crippen LogP contribution in [0.2, 0.25) is 0 Å². The molecule has 1 saturated heterocycles. The van der Waals surface area contributed by atoms with Crippen molar-refractivity contribution in [3.63, 3.8) is 0 Å². The lowest BCUT2D eigenvalue weighted by Gasteiger charge is -2.13. The third-order valence-corrected chi connectivity index (χ3v) is 7.19. The molecule has 3 aliphatic rings. The van der Waals surface area contributed by atoms with Crippen molar-refractivity contribution in [2.24, 2.45) is 28.8 Å². The summed E-state index contributed by atoms with van der Waals surface area (Å²) in [5.41, 5.74) is 0.718. The molecule has 0 aromatic heterocycles. The molecule has 2 bridgehead atoms. The first-order valence-corrected chi connectivity index (χ1v) is 11.6. The van der Waals surface area contributed by atoms with Gasteiger partial charge in [-0.3, -0.25) is 19.7 Å². The number of nitro groups is 1. The molecule has 10 nitrogen and oxygen atoms in total. The third kappa shape index (κ3) is 4.01. The van der Waals surface area contributed by atoms with Crippen LogP contribution in [-0.4, -0.2) is 39.0 Å². The monoisotopic (exact) mass is 539 g/mol. The number of carbonyl (C=O) groups excluding carboxylic acids is 2. The maximum absolute atomic E-state index is 12.8. The fourth-order valence-corrected chi connectivity index (χ4v) is 5.56. The number of hydrazone groups is 1. The normalized spacial score (nSPS) is 24.4. The molecule has 0 radical (unpaired) electrons. The lowest BCUT2D eigenvalue weighted by Crippen LogP contribution is -2.28. The number of hydrogen-bond donors (Lipinski definition) is 1. The Balaban J connectivity index is 1.34. The lowest BCUT2D eigenvalue weighted by molar-refractivity contribution is -0.386. The van der Waals surface area contributed by atoms with Crippen LogP contribution >= 0.6 is 15.9 Å². The molecule has 2 fully saturated rings. The fraction of sp³-hybridized carbons (Fsp3) is 0.250. The quantitative estimate of drug-likeness (QED) is 0.185. The topological polar surface area (TPSA) is 139 Å². The van der Waals surface area contributed by atoms with Gasteiger partial charge in [-0.05, 0) is 57.9 Å². The van der Waals surface area contributed by atoms with Crippen molar-refractivity contribution in [3.8, 4) is 5.75 Å². The molecule has 4 atom stereocenters. The summed E-state index contributed by atoms with van der Waals surface area (Å²) in [6.07, 6.45) is 6.04. The highest BCUT2D eigenvalue weighted by Crippen LogP contribution is 2.52. The van der Waals surface area contributed by atoms with Gasteiger partial charge in [0.1, 0.15) is 6.61 Å². The average molecular weight is 540 g/mol. The summed E-state index contributed by atoms with van der Waals surface area (Å²) in [5.74, 6) is -2.38. The van der Waals surface area contributed by atoms with E-state index in [-0.39, 0.29) is 63.6 Å². The first kappa shape index (κ1) is 22.9. The zero-order valence-corrected chi connectivity index (χ0v) is 19.6. The number of halogens is 1. The van der Waals surface area contributed by atoms with E-state index in [4.69, 9.17) is 9.84 Å². The van der Waals surface area contributed by atoms with Gasteiger partial charge >= 0.3 is 11.7 Å². The Hall–Kier alpha value is -3.86. The van der Waals surface area contributed by atoms with E-state index in [0.717, 1.165) is 11.4 Å². The van der Waals surface area contributed by atoms with Crippen LogP contribution in [0.15, 0.2) is 58.1 Å². The standard InChI is InChI=1S/C24H18BrN3O7/c25-17-7-13(10-26-27-22(29)19-15-5-6-16(9-15)20(19)23(27)30)8-18(28(33)34)21(17)35-11-12-1-3-14(4-2-12)24(31)32/h1-8,10,15-16,19-20H,9,11H2,(H,31,32)/t15-,16-,19-,20+/m0/s1. The SMILES string of the molecule is O=C(O)c1ccc(COc2c(Br)cc(C=NN3C(=O)[C@@H]4[C@H](C3=O)[C@H]3C=C[C@H]4C3)cc2[N+](=O)[O-])cc1. The van der Waals surface area contributed by atoms with Crippen LogP contribution in [0, 0.1) is 33.8 Å². The minimum Gasteiger partial charge on any atom is -0.481 e. The van der Waals surface area contributed by atoms with Gasteiger partial charge in [0.2, 0.25) is 5.75 Å². The van der Waals surface area contributed by atoms with Crippen LogP contribution < -0.4 is 4.74 Å². The van der Waals surface area contributed by atoms with Gasteiger partial charge in [0.05, 0.1) is 33.0 Å². The minimum atomic E-state index is -1.06. The smallest absolute Gasteiger partial charge is 0.335 e. The average Bonchev–Trinajstić information content (AvgIpc) is 3.51. The number of nitrogens with zero attached hydrogens (tertiary/aromatic N) is 3. The molecule has 2 amide bonds. The van der Waals surface area contributed by atoms with E-state index in [1.54, 1.807) is 12.1 Å². The second-order valence-corrected chi connectivity index (χ2v) is 9.49. The van der Waals surface area contributed by atoms with E-state index in [1.807, 2.05) is 12.2 Å². The summed E-state index contributed by atoms with van der Waals surface area (Å²) in [6, 6.07) is 8.74. The van der Waals surface area contributed by atoms with Crippen molar-refractivity contribution in [2.45, 2.75) is 13.0 Å². The number of hydrogen-bond acceptors (Lipinski definition) is 7. The summed E-state index contributed by atoms with van der Waals surface area (Å²) in [7, 11) is 0. The Labute approximate surface area is 207 Å². The molecule has 2 aromatic carbocycles. The highest BCUT2D eigenvalue weighted by atomic mass is 79.9. The van der Waals surface area contributed by atoms with Crippen LogP contribution in [-0.2, 0) is 16.2 Å². The second kappa shape index (κ2) is 8.73. The van der Waals surface area contributed by atoms with Crippen LogP contribution in [0.5, 0.6) is 5.75 Å². The van der Waals surface area contributed by atoms with Gasteiger partial charge < -0.3 is 9.84 Å². The highest BCUT2D eigenvalue weighted by molar-refractivity contribution is 9.10. The zero-order valence-electron chi connectivity index (χ0n) is 18.0. The van der Waals surface area contributed by atoms with Crippen molar-refractivity contribution in [3.05, 3.63) is 79.8 Å². The van der Waals surface area contributed by atoms with Crippen LogP contribution in [0.4, 0.5) is 5.69 Å². The zero-order chi connectivity index (χ0) is 24.9. The number of imide groups is 1. The van der Waals surface area contributed by atoms with E-state index in [2.05, 4.69) is 21.0 Å². The molecule has 2 aromatic rings. The predicted octanol–water partition coefficient (Wildman–Crippen LogP) is 3.78. The van der Waals surface area contributed by atoms with E-state index in [9.17, 15) is 24.5 Å². The van der Waals surface area contributed by atoms with Gasteiger partial charge in [0.15, 0.2) is 0 Å². The Kier molecular flexibility index (Phi) is 5.72. The second-order valence-electron chi connectivity index (χ2n) is 8.63. The molecule has 1 heterocycles. The van der Waals surface area contributed by atoms with E-state index in [1.165, 1.54) is 30.5 Å². The van der Waals surface area contributed by atoms with Crippen molar-refractivity contribution in [1.82, 2.24) is 5.01 Å². The summed E-state index contributed by atoms with van der Waals surface area (Å²) < 4.78 is 5.94. The van der Waals surface area contributed by atoms with Crippen molar-refractivity contribution < 1.29 is 29.2 Å².